The average molecular weight is 323 g/mol. The predicted octanol–water partition coefficient (Wildman–Crippen LogP) is 2.21. The summed E-state index contributed by atoms with van der Waals surface area (Å²) in [6, 6.07) is 10.4. The molecule has 1 aliphatic rings. The maximum Gasteiger partial charge on any atom is 0.264 e. The number of hydrogen-bond donors (Lipinski definition) is 0. The van der Waals surface area contributed by atoms with Crippen molar-refractivity contribution in [3.63, 3.8) is 0 Å². The molecule has 0 amide bonds. The summed E-state index contributed by atoms with van der Waals surface area (Å²) >= 11 is 0. The van der Waals surface area contributed by atoms with Gasteiger partial charge < -0.3 is 0 Å². The van der Waals surface area contributed by atoms with Crippen LogP contribution in [0, 0.1) is 0 Å². The maximum atomic E-state index is 12.9. The topological polar surface area (TPSA) is 56.0 Å². The van der Waals surface area contributed by atoms with E-state index in [1.54, 1.807) is 6.20 Å². The molecule has 4 rings (SSSR count). The molecule has 6 nitrogen and oxygen atoms in total. The molecule has 0 saturated heterocycles. The van der Waals surface area contributed by atoms with Crippen LogP contribution < -0.4 is 5.56 Å². The molecule has 0 saturated carbocycles. The van der Waals surface area contributed by atoms with E-state index >= 15 is 0 Å². The molecule has 0 bridgehead atoms. The van der Waals surface area contributed by atoms with Crippen molar-refractivity contribution in [2.75, 3.05) is 13.6 Å². The maximum absolute atomic E-state index is 12.9. The molecule has 0 spiro atoms. The highest BCUT2D eigenvalue weighted by molar-refractivity contribution is 5.73. The second-order valence-electron chi connectivity index (χ2n) is 6.64. The first-order valence-electron chi connectivity index (χ1n) is 8.31. The lowest BCUT2D eigenvalue weighted by Crippen LogP contribution is -2.42. The molecule has 3 aromatic rings. The van der Waals surface area contributed by atoms with Crippen LogP contribution in [0.25, 0.3) is 11.0 Å². The number of hydrogen-bond acceptors (Lipinski definition) is 4. The average Bonchev–Trinajstić information content (AvgIpc) is 3.00. The van der Waals surface area contributed by atoms with Crippen LogP contribution in [-0.4, -0.2) is 37.8 Å². The first-order valence-corrected chi connectivity index (χ1v) is 8.31. The van der Waals surface area contributed by atoms with Gasteiger partial charge in [-0.2, -0.15) is 5.10 Å². The minimum absolute atomic E-state index is 0.0101. The number of likely N-dealkylation sites (N-methyl/N-ethyl adjacent to an activating group) is 1. The van der Waals surface area contributed by atoms with Gasteiger partial charge in [0.15, 0.2) is 5.65 Å². The van der Waals surface area contributed by atoms with Crippen molar-refractivity contribution in [3.8, 4) is 0 Å². The van der Waals surface area contributed by atoms with Crippen LogP contribution in [0.2, 0.25) is 0 Å². The fraction of sp³-hybridized carbons (Fsp3) is 0.389. The molecule has 124 valence electrons. The first-order chi connectivity index (χ1) is 11.6. The van der Waals surface area contributed by atoms with E-state index in [-0.39, 0.29) is 17.6 Å². The second-order valence-corrected chi connectivity index (χ2v) is 6.64. The van der Waals surface area contributed by atoms with E-state index in [4.69, 9.17) is 4.98 Å². The summed E-state index contributed by atoms with van der Waals surface area (Å²) < 4.78 is 3.64. The van der Waals surface area contributed by atoms with Gasteiger partial charge in [-0.3, -0.25) is 14.3 Å². The van der Waals surface area contributed by atoms with Gasteiger partial charge >= 0.3 is 0 Å². The Balaban J connectivity index is 2.00. The molecule has 0 radical (unpaired) electrons. The standard InChI is InChI=1S/C18H21N5O/c1-12(2)23-16-14(11-19-23)18(24)22-10-9-21(3)15(17(22)20-16)13-7-5-4-6-8-13/h4-8,11-12,15H,9-10H2,1-3H3. The first kappa shape index (κ1) is 15.1. The summed E-state index contributed by atoms with van der Waals surface area (Å²) in [4.78, 5) is 20.1. The largest absolute Gasteiger partial charge is 0.293 e. The Morgan fingerprint density at radius 1 is 1.17 bits per heavy atom. The Hall–Kier alpha value is -2.47. The van der Waals surface area contributed by atoms with Crippen molar-refractivity contribution in [3.05, 3.63) is 58.3 Å². The molecular formula is C18H21N5O. The van der Waals surface area contributed by atoms with Gasteiger partial charge in [0.2, 0.25) is 0 Å². The molecule has 0 aliphatic carbocycles. The van der Waals surface area contributed by atoms with Gasteiger partial charge in [0.1, 0.15) is 11.2 Å². The van der Waals surface area contributed by atoms with Crippen LogP contribution in [0.15, 0.2) is 41.3 Å². The van der Waals surface area contributed by atoms with Gasteiger partial charge in [-0.1, -0.05) is 30.3 Å². The molecule has 1 aromatic carbocycles. The molecule has 6 heteroatoms. The van der Waals surface area contributed by atoms with Gasteiger partial charge in [0, 0.05) is 19.1 Å². The lowest BCUT2D eigenvalue weighted by Gasteiger charge is -2.34. The van der Waals surface area contributed by atoms with E-state index in [9.17, 15) is 4.79 Å². The van der Waals surface area contributed by atoms with Gasteiger partial charge in [-0.25, -0.2) is 9.67 Å². The van der Waals surface area contributed by atoms with E-state index in [2.05, 4.69) is 29.2 Å². The van der Waals surface area contributed by atoms with E-state index in [0.717, 1.165) is 17.9 Å². The minimum atomic E-state index is -0.0208. The zero-order chi connectivity index (χ0) is 16.8. The van der Waals surface area contributed by atoms with E-state index < -0.39 is 0 Å². The zero-order valence-corrected chi connectivity index (χ0v) is 14.2. The Bertz CT molecular complexity index is 941. The van der Waals surface area contributed by atoms with Crippen LogP contribution in [0.1, 0.15) is 37.3 Å². The number of nitrogens with zero attached hydrogens (tertiary/aromatic N) is 5. The zero-order valence-electron chi connectivity index (χ0n) is 14.2. The summed E-state index contributed by atoms with van der Waals surface area (Å²) in [5, 5.41) is 4.97. The SMILES string of the molecule is CC(C)n1ncc2c(=O)n3c(nc21)C(c1ccccc1)N(C)CC3. The Morgan fingerprint density at radius 2 is 1.92 bits per heavy atom. The van der Waals surface area contributed by atoms with E-state index in [1.807, 2.05) is 41.3 Å². The van der Waals surface area contributed by atoms with E-state index in [0.29, 0.717) is 17.6 Å². The Labute approximate surface area is 140 Å². The van der Waals surface area contributed by atoms with Crippen LogP contribution in [-0.2, 0) is 6.54 Å². The van der Waals surface area contributed by atoms with Crippen LogP contribution in [0.3, 0.4) is 0 Å². The van der Waals surface area contributed by atoms with Crippen molar-refractivity contribution in [1.82, 2.24) is 24.2 Å². The summed E-state index contributed by atoms with van der Waals surface area (Å²) in [7, 11) is 2.08. The Kier molecular flexibility index (Phi) is 3.49. The Morgan fingerprint density at radius 3 is 2.62 bits per heavy atom. The smallest absolute Gasteiger partial charge is 0.264 e. The molecular weight excluding hydrogens is 302 g/mol. The monoisotopic (exact) mass is 323 g/mol. The number of benzene rings is 1. The molecule has 1 unspecified atom stereocenters. The van der Waals surface area contributed by atoms with Crippen molar-refractivity contribution in [2.45, 2.75) is 32.5 Å². The van der Waals surface area contributed by atoms with Gasteiger partial charge in [0.25, 0.3) is 5.56 Å². The molecule has 3 heterocycles. The number of fused-ring (bicyclic) bond motifs is 2. The lowest BCUT2D eigenvalue weighted by atomic mass is 10.0. The molecule has 2 aromatic heterocycles. The van der Waals surface area contributed by atoms with Crippen molar-refractivity contribution in [2.24, 2.45) is 0 Å². The number of aromatic nitrogens is 4. The van der Waals surface area contributed by atoms with Crippen molar-refractivity contribution in [1.29, 1.82) is 0 Å². The lowest BCUT2D eigenvalue weighted by molar-refractivity contribution is 0.216. The summed E-state index contributed by atoms with van der Waals surface area (Å²) in [5.41, 5.74) is 1.84. The molecule has 1 aliphatic heterocycles. The highest BCUT2D eigenvalue weighted by atomic mass is 16.1. The third kappa shape index (κ3) is 2.17. The summed E-state index contributed by atoms with van der Waals surface area (Å²) in [5.74, 6) is 0.801. The van der Waals surface area contributed by atoms with Gasteiger partial charge in [0.05, 0.1) is 12.2 Å². The minimum Gasteiger partial charge on any atom is -0.293 e. The molecule has 0 fully saturated rings. The molecule has 1 atom stereocenters. The fourth-order valence-corrected chi connectivity index (χ4v) is 3.46. The van der Waals surface area contributed by atoms with Gasteiger partial charge in [-0.05, 0) is 26.5 Å². The molecule has 24 heavy (non-hydrogen) atoms. The van der Waals surface area contributed by atoms with Crippen LogP contribution in [0.5, 0.6) is 0 Å². The number of rotatable bonds is 2. The quantitative estimate of drug-likeness (QED) is 0.725. The van der Waals surface area contributed by atoms with E-state index in [1.165, 1.54) is 0 Å². The third-order valence-corrected chi connectivity index (χ3v) is 4.71. The highest BCUT2D eigenvalue weighted by Gasteiger charge is 2.30. The fourth-order valence-electron chi connectivity index (χ4n) is 3.46. The van der Waals surface area contributed by atoms with Crippen molar-refractivity contribution >= 4 is 11.0 Å². The van der Waals surface area contributed by atoms with Crippen molar-refractivity contribution < 1.29 is 0 Å². The third-order valence-electron chi connectivity index (χ3n) is 4.71. The normalized spacial score (nSPS) is 18.2. The second kappa shape index (κ2) is 5.56. The summed E-state index contributed by atoms with van der Waals surface area (Å²) in [6.07, 6.45) is 1.65. The highest BCUT2D eigenvalue weighted by Crippen LogP contribution is 2.29. The summed E-state index contributed by atoms with van der Waals surface area (Å²) in [6.45, 7) is 5.57. The van der Waals surface area contributed by atoms with Gasteiger partial charge in [-0.15, -0.1) is 0 Å². The predicted molar refractivity (Wildman–Crippen MR) is 93.1 cm³/mol. The molecule has 0 N–H and O–H groups in total. The van der Waals surface area contributed by atoms with Crippen LogP contribution >= 0.6 is 0 Å². The van der Waals surface area contributed by atoms with Crippen LogP contribution in [0.4, 0.5) is 0 Å².